The van der Waals surface area contributed by atoms with Gasteiger partial charge in [0.15, 0.2) is 0 Å². The van der Waals surface area contributed by atoms with E-state index in [1.54, 1.807) is 4.90 Å². The Morgan fingerprint density at radius 2 is 2.00 bits per heavy atom. The first-order valence-electron chi connectivity index (χ1n) is 9.23. The van der Waals surface area contributed by atoms with Crippen molar-refractivity contribution >= 4 is 23.4 Å². The average molecular weight is 367 g/mol. The number of nitrogens with one attached hydrogen (secondary N) is 1. The number of halogens is 1. The van der Waals surface area contributed by atoms with Crippen LogP contribution in [-0.2, 0) is 4.74 Å². The first-order valence-corrected chi connectivity index (χ1v) is 9.61. The molecular weight excluding hydrogens is 336 g/mol. The van der Waals surface area contributed by atoms with E-state index in [9.17, 15) is 4.79 Å². The average Bonchev–Trinajstić information content (AvgIpc) is 2.54. The van der Waals surface area contributed by atoms with Crippen LogP contribution < -0.4 is 5.32 Å². The molecule has 1 aliphatic heterocycles. The van der Waals surface area contributed by atoms with Gasteiger partial charge in [-0.1, -0.05) is 25.4 Å². The molecule has 1 fully saturated rings. The van der Waals surface area contributed by atoms with E-state index in [1.165, 1.54) is 5.56 Å². The molecule has 0 aromatic heterocycles. The highest BCUT2D eigenvalue weighted by Gasteiger charge is 2.27. The molecule has 5 heteroatoms. The third-order valence-corrected chi connectivity index (χ3v) is 4.90. The van der Waals surface area contributed by atoms with Gasteiger partial charge in [-0.05, 0) is 69.7 Å². The molecule has 1 saturated heterocycles. The highest BCUT2D eigenvalue weighted by atomic mass is 35.5. The number of rotatable bonds is 4. The first kappa shape index (κ1) is 19.9. The van der Waals surface area contributed by atoms with Gasteiger partial charge in [-0.2, -0.15) is 0 Å². The van der Waals surface area contributed by atoms with Crippen LogP contribution in [0.2, 0.25) is 5.02 Å². The Hall–Kier alpha value is -1.42. The number of benzene rings is 1. The maximum absolute atomic E-state index is 12.2. The molecule has 1 aromatic rings. The monoisotopic (exact) mass is 366 g/mol. The van der Waals surface area contributed by atoms with Gasteiger partial charge in [0.2, 0.25) is 0 Å². The second-order valence-corrected chi connectivity index (χ2v) is 8.36. The molecule has 4 nitrogen and oxygen atoms in total. The lowest BCUT2D eigenvalue weighted by Crippen LogP contribution is -2.44. The summed E-state index contributed by atoms with van der Waals surface area (Å²) < 4.78 is 5.46. The number of carbonyl (C=O) groups is 1. The van der Waals surface area contributed by atoms with Crippen LogP contribution in [0.1, 0.15) is 65.4 Å². The van der Waals surface area contributed by atoms with Crippen LogP contribution in [0.3, 0.4) is 0 Å². The van der Waals surface area contributed by atoms with Gasteiger partial charge in [-0.3, -0.25) is 0 Å². The molecule has 1 heterocycles. The maximum atomic E-state index is 12.2. The zero-order valence-electron chi connectivity index (χ0n) is 16.1. The zero-order chi connectivity index (χ0) is 18.6. The Labute approximate surface area is 156 Å². The van der Waals surface area contributed by atoms with Gasteiger partial charge in [0, 0.05) is 29.8 Å². The number of likely N-dealkylation sites (tertiary alicyclic amines) is 1. The number of nitrogens with zero attached hydrogens (tertiary/aromatic N) is 1. The van der Waals surface area contributed by atoms with Gasteiger partial charge < -0.3 is 15.0 Å². The van der Waals surface area contributed by atoms with Gasteiger partial charge in [-0.15, -0.1) is 0 Å². The predicted molar refractivity (Wildman–Crippen MR) is 105 cm³/mol. The fourth-order valence-corrected chi connectivity index (χ4v) is 3.23. The molecular formula is C20H31ClN2O2. The molecule has 25 heavy (non-hydrogen) atoms. The Morgan fingerprint density at radius 3 is 2.56 bits per heavy atom. The molecule has 1 atom stereocenters. The normalized spacial score (nSPS) is 17.3. The minimum atomic E-state index is -0.444. The smallest absolute Gasteiger partial charge is 0.410 e. The van der Waals surface area contributed by atoms with Gasteiger partial charge in [-0.25, -0.2) is 4.79 Å². The van der Waals surface area contributed by atoms with Crippen LogP contribution in [0.25, 0.3) is 0 Å². The van der Waals surface area contributed by atoms with E-state index in [4.69, 9.17) is 16.3 Å². The van der Waals surface area contributed by atoms with E-state index in [2.05, 4.69) is 31.3 Å². The van der Waals surface area contributed by atoms with Crippen LogP contribution >= 0.6 is 11.6 Å². The molecule has 0 spiro atoms. The summed E-state index contributed by atoms with van der Waals surface area (Å²) in [5.41, 5.74) is 1.99. The maximum Gasteiger partial charge on any atom is 0.410 e. The van der Waals surface area contributed by atoms with Crippen LogP contribution in [-0.4, -0.2) is 35.7 Å². The summed E-state index contributed by atoms with van der Waals surface area (Å²) in [5.74, 6) is 0.461. The van der Waals surface area contributed by atoms with E-state index in [-0.39, 0.29) is 6.09 Å². The lowest BCUT2D eigenvalue weighted by molar-refractivity contribution is 0.0210. The SMILES string of the molecule is CCC(C)c1cc(Cl)ccc1NC1CCN(C(=O)OC(C)(C)C)CC1. The predicted octanol–water partition coefficient (Wildman–Crippen LogP) is 5.66. The summed E-state index contributed by atoms with van der Waals surface area (Å²) >= 11 is 6.18. The summed E-state index contributed by atoms with van der Waals surface area (Å²) in [6.07, 6.45) is 2.70. The number of carbonyl (C=O) groups excluding carboxylic acids is 1. The molecule has 1 aliphatic rings. The molecule has 1 aromatic carbocycles. The third kappa shape index (κ3) is 5.81. The summed E-state index contributed by atoms with van der Waals surface area (Å²) in [5, 5.41) is 4.44. The van der Waals surface area contributed by atoms with Gasteiger partial charge >= 0.3 is 6.09 Å². The van der Waals surface area contributed by atoms with Gasteiger partial charge in [0.05, 0.1) is 0 Å². The van der Waals surface area contributed by atoms with E-state index in [0.717, 1.165) is 43.1 Å². The van der Waals surface area contributed by atoms with Crippen LogP contribution in [0.4, 0.5) is 10.5 Å². The molecule has 1 N–H and O–H groups in total. The first-order chi connectivity index (χ1) is 11.7. The number of hydrogen-bond acceptors (Lipinski definition) is 3. The summed E-state index contributed by atoms with van der Waals surface area (Å²) in [7, 11) is 0. The molecule has 0 saturated carbocycles. The molecule has 2 rings (SSSR count). The topological polar surface area (TPSA) is 41.6 Å². The zero-order valence-corrected chi connectivity index (χ0v) is 16.8. The van der Waals surface area contributed by atoms with Crippen molar-refractivity contribution in [3.63, 3.8) is 0 Å². The minimum Gasteiger partial charge on any atom is -0.444 e. The van der Waals surface area contributed by atoms with Gasteiger partial charge in [0.1, 0.15) is 5.60 Å². The van der Waals surface area contributed by atoms with Crippen LogP contribution in [0.15, 0.2) is 18.2 Å². The van der Waals surface area contributed by atoms with E-state index < -0.39 is 5.60 Å². The Bertz CT molecular complexity index is 590. The van der Waals surface area contributed by atoms with Gasteiger partial charge in [0.25, 0.3) is 0 Å². The fraction of sp³-hybridized carbons (Fsp3) is 0.650. The van der Waals surface area contributed by atoms with Crippen molar-refractivity contribution in [1.29, 1.82) is 0 Å². The van der Waals surface area contributed by atoms with E-state index in [1.807, 2.05) is 26.8 Å². The molecule has 1 amide bonds. The quantitative estimate of drug-likeness (QED) is 0.746. The highest BCUT2D eigenvalue weighted by molar-refractivity contribution is 6.30. The molecule has 0 bridgehead atoms. The second-order valence-electron chi connectivity index (χ2n) is 7.93. The van der Waals surface area contributed by atoms with E-state index in [0.29, 0.717) is 12.0 Å². The molecule has 140 valence electrons. The lowest BCUT2D eigenvalue weighted by atomic mass is 9.95. The largest absolute Gasteiger partial charge is 0.444 e. The Balaban J connectivity index is 1.95. The number of anilines is 1. The summed E-state index contributed by atoms with van der Waals surface area (Å²) in [4.78, 5) is 14.0. The summed E-state index contributed by atoms with van der Waals surface area (Å²) in [6, 6.07) is 6.44. The number of ether oxygens (including phenoxy) is 1. The van der Waals surface area contributed by atoms with Crippen molar-refractivity contribution in [2.45, 2.75) is 71.4 Å². The second kappa shape index (κ2) is 8.31. The Morgan fingerprint density at radius 1 is 1.36 bits per heavy atom. The molecule has 0 radical (unpaired) electrons. The highest BCUT2D eigenvalue weighted by Crippen LogP contribution is 2.31. The standard InChI is InChI=1S/C20H31ClN2O2/c1-6-14(2)17-13-15(21)7-8-18(17)22-16-9-11-23(12-10-16)19(24)25-20(3,4)5/h7-8,13-14,16,22H,6,9-12H2,1-5H3. The van der Waals surface area contributed by atoms with Crippen molar-refractivity contribution in [3.05, 3.63) is 28.8 Å². The Kier molecular flexibility index (Phi) is 6.61. The lowest BCUT2D eigenvalue weighted by Gasteiger charge is -2.34. The number of piperidine rings is 1. The molecule has 0 aliphatic carbocycles. The van der Waals surface area contributed by atoms with Crippen molar-refractivity contribution in [1.82, 2.24) is 4.90 Å². The van der Waals surface area contributed by atoms with E-state index >= 15 is 0 Å². The minimum absolute atomic E-state index is 0.210. The van der Waals surface area contributed by atoms with Crippen molar-refractivity contribution in [3.8, 4) is 0 Å². The van der Waals surface area contributed by atoms with Crippen molar-refractivity contribution in [2.24, 2.45) is 0 Å². The number of amides is 1. The van der Waals surface area contributed by atoms with Crippen LogP contribution in [0, 0.1) is 0 Å². The number of hydrogen-bond donors (Lipinski definition) is 1. The third-order valence-electron chi connectivity index (χ3n) is 4.66. The summed E-state index contributed by atoms with van der Waals surface area (Å²) in [6.45, 7) is 11.6. The van der Waals surface area contributed by atoms with Crippen molar-refractivity contribution < 1.29 is 9.53 Å². The van der Waals surface area contributed by atoms with Crippen molar-refractivity contribution in [2.75, 3.05) is 18.4 Å². The van der Waals surface area contributed by atoms with Crippen LogP contribution in [0.5, 0.6) is 0 Å². The molecule has 1 unspecified atom stereocenters. The fourth-order valence-electron chi connectivity index (χ4n) is 3.05.